The van der Waals surface area contributed by atoms with E-state index in [1.165, 1.54) is 36.5 Å². The second-order valence-corrected chi connectivity index (χ2v) is 9.01. The Balaban J connectivity index is 1.38. The van der Waals surface area contributed by atoms with Gasteiger partial charge in [-0.05, 0) is 85.3 Å². The van der Waals surface area contributed by atoms with E-state index in [0.717, 1.165) is 0 Å². The van der Waals surface area contributed by atoms with E-state index in [9.17, 15) is 24.5 Å². The SMILES string of the molecule is CCOc1cc(C=NNC(=O)c2cccc(NC(=O)c3ccc([N+](=O)[O-])cc3)c2)ccc1OC(=O)c1ccc(Cl)cc1. The number of nitrogens with one attached hydrogen (secondary N) is 2. The summed E-state index contributed by atoms with van der Waals surface area (Å²) in [6.45, 7) is 2.11. The van der Waals surface area contributed by atoms with Crippen LogP contribution in [0, 0.1) is 10.1 Å². The van der Waals surface area contributed by atoms with E-state index < -0.39 is 22.7 Å². The Labute approximate surface area is 244 Å². The Hall–Kier alpha value is -5.55. The second-order valence-electron chi connectivity index (χ2n) is 8.57. The van der Waals surface area contributed by atoms with Crippen LogP contribution < -0.4 is 20.2 Å². The Bertz CT molecular complexity index is 1660. The second kappa shape index (κ2) is 13.7. The van der Waals surface area contributed by atoms with Gasteiger partial charge in [0, 0.05) is 34.0 Å². The van der Waals surface area contributed by atoms with Crippen molar-refractivity contribution in [2.75, 3.05) is 11.9 Å². The summed E-state index contributed by atoms with van der Waals surface area (Å²) in [5, 5.41) is 17.9. The molecule has 0 atom stereocenters. The first-order chi connectivity index (χ1) is 20.2. The molecule has 4 aromatic rings. The fourth-order valence-corrected chi connectivity index (χ4v) is 3.73. The van der Waals surface area contributed by atoms with Gasteiger partial charge in [-0.2, -0.15) is 5.10 Å². The van der Waals surface area contributed by atoms with Crippen LogP contribution in [0.3, 0.4) is 0 Å². The first-order valence-corrected chi connectivity index (χ1v) is 12.8. The normalized spacial score (nSPS) is 10.6. The third kappa shape index (κ3) is 7.77. The average molecular weight is 587 g/mol. The third-order valence-electron chi connectivity index (χ3n) is 5.65. The summed E-state index contributed by atoms with van der Waals surface area (Å²) >= 11 is 5.87. The molecule has 0 saturated heterocycles. The highest BCUT2D eigenvalue weighted by Crippen LogP contribution is 2.29. The maximum absolute atomic E-state index is 12.7. The molecule has 2 amide bonds. The maximum atomic E-state index is 12.7. The fraction of sp³-hybridized carbons (Fsp3) is 0.0667. The Kier molecular flexibility index (Phi) is 9.59. The third-order valence-corrected chi connectivity index (χ3v) is 5.90. The minimum atomic E-state index is -0.576. The molecule has 0 aliphatic rings. The summed E-state index contributed by atoms with van der Waals surface area (Å²) in [5.74, 6) is -1.08. The average Bonchev–Trinajstić information content (AvgIpc) is 2.99. The molecule has 0 radical (unpaired) electrons. The molecule has 12 heteroatoms. The van der Waals surface area contributed by atoms with Gasteiger partial charge in [0.2, 0.25) is 0 Å². The molecule has 0 spiro atoms. The molecule has 0 heterocycles. The Morgan fingerprint density at radius 2 is 1.60 bits per heavy atom. The molecule has 0 saturated carbocycles. The summed E-state index contributed by atoms with van der Waals surface area (Å²) in [4.78, 5) is 47.9. The van der Waals surface area contributed by atoms with Crippen LogP contribution in [0.1, 0.15) is 43.6 Å². The number of benzene rings is 4. The molecule has 0 fully saturated rings. The fourth-order valence-electron chi connectivity index (χ4n) is 3.61. The topological polar surface area (TPSA) is 149 Å². The van der Waals surface area contributed by atoms with Gasteiger partial charge in [0.1, 0.15) is 0 Å². The van der Waals surface area contributed by atoms with E-state index in [1.54, 1.807) is 67.6 Å². The molecular formula is C30H23ClN4O7. The van der Waals surface area contributed by atoms with Gasteiger partial charge in [-0.3, -0.25) is 19.7 Å². The number of halogens is 1. The lowest BCUT2D eigenvalue weighted by molar-refractivity contribution is -0.384. The van der Waals surface area contributed by atoms with Crippen molar-refractivity contribution in [3.8, 4) is 11.5 Å². The zero-order valence-electron chi connectivity index (χ0n) is 22.1. The van der Waals surface area contributed by atoms with Crippen LogP contribution in [-0.2, 0) is 0 Å². The number of ether oxygens (including phenoxy) is 2. The number of anilines is 1. The van der Waals surface area contributed by atoms with Crippen LogP contribution in [0.25, 0.3) is 0 Å². The molecule has 42 heavy (non-hydrogen) atoms. The van der Waals surface area contributed by atoms with Crippen molar-refractivity contribution in [1.82, 2.24) is 5.43 Å². The number of amides is 2. The lowest BCUT2D eigenvalue weighted by Crippen LogP contribution is -2.18. The number of esters is 1. The van der Waals surface area contributed by atoms with E-state index >= 15 is 0 Å². The van der Waals surface area contributed by atoms with E-state index in [-0.39, 0.29) is 22.6 Å². The van der Waals surface area contributed by atoms with Gasteiger partial charge in [-0.15, -0.1) is 0 Å². The van der Waals surface area contributed by atoms with E-state index in [0.29, 0.717) is 34.2 Å². The number of hydrazone groups is 1. The van der Waals surface area contributed by atoms with Crippen molar-refractivity contribution < 1.29 is 28.8 Å². The molecule has 0 aliphatic heterocycles. The summed E-state index contributed by atoms with van der Waals surface area (Å²) in [5.41, 5.74) is 3.97. The molecular weight excluding hydrogens is 564 g/mol. The lowest BCUT2D eigenvalue weighted by atomic mass is 10.1. The first kappa shape index (κ1) is 29.4. The van der Waals surface area contributed by atoms with Gasteiger partial charge < -0.3 is 14.8 Å². The van der Waals surface area contributed by atoms with Crippen LogP contribution in [0.15, 0.2) is 96.1 Å². The number of hydrogen-bond donors (Lipinski definition) is 2. The van der Waals surface area contributed by atoms with Gasteiger partial charge in [-0.1, -0.05) is 17.7 Å². The number of hydrogen-bond acceptors (Lipinski definition) is 8. The van der Waals surface area contributed by atoms with Gasteiger partial charge >= 0.3 is 5.97 Å². The first-order valence-electron chi connectivity index (χ1n) is 12.5. The standard InChI is InChI=1S/C30H23ClN4O7/c1-2-41-27-16-19(6-15-26(27)42-30(38)21-7-11-23(31)12-8-21)18-32-34-29(37)22-4-3-5-24(17-22)33-28(36)20-9-13-25(14-10-20)35(39)40/h3-18H,2H2,1H3,(H,33,36)(H,34,37). The highest BCUT2D eigenvalue weighted by Gasteiger charge is 2.14. The molecule has 2 N–H and O–H groups in total. The van der Waals surface area contributed by atoms with Gasteiger partial charge in [0.05, 0.1) is 23.3 Å². The van der Waals surface area contributed by atoms with E-state index in [4.69, 9.17) is 21.1 Å². The van der Waals surface area contributed by atoms with E-state index in [1.807, 2.05) is 0 Å². The quantitative estimate of drug-likeness (QED) is 0.0774. The van der Waals surface area contributed by atoms with Crippen molar-refractivity contribution in [1.29, 1.82) is 0 Å². The minimum Gasteiger partial charge on any atom is -0.490 e. The summed E-state index contributed by atoms with van der Waals surface area (Å²) < 4.78 is 11.1. The molecule has 212 valence electrons. The molecule has 11 nitrogen and oxygen atoms in total. The molecule has 0 aliphatic carbocycles. The number of rotatable bonds is 10. The maximum Gasteiger partial charge on any atom is 0.343 e. The van der Waals surface area contributed by atoms with Gasteiger partial charge in [0.25, 0.3) is 17.5 Å². The zero-order valence-corrected chi connectivity index (χ0v) is 22.8. The van der Waals surface area contributed by atoms with E-state index in [2.05, 4.69) is 15.8 Å². The van der Waals surface area contributed by atoms with Crippen LogP contribution in [-0.4, -0.2) is 35.5 Å². The number of nitro groups is 1. The van der Waals surface area contributed by atoms with Crippen molar-refractivity contribution >= 4 is 47.0 Å². The highest BCUT2D eigenvalue weighted by atomic mass is 35.5. The number of nitrogens with zero attached hydrogens (tertiary/aromatic N) is 2. The molecule has 4 rings (SSSR count). The summed E-state index contributed by atoms with van der Waals surface area (Å²) in [6.07, 6.45) is 1.39. The predicted octanol–water partition coefficient (Wildman–Crippen LogP) is 5.88. The number of non-ortho nitro benzene ring substituents is 1. The summed E-state index contributed by atoms with van der Waals surface area (Å²) in [7, 11) is 0. The van der Waals surface area contributed by atoms with Crippen LogP contribution in [0.4, 0.5) is 11.4 Å². The zero-order chi connectivity index (χ0) is 30.1. The van der Waals surface area contributed by atoms with Gasteiger partial charge in [-0.25, -0.2) is 10.2 Å². The predicted molar refractivity (Wildman–Crippen MR) is 157 cm³/mol. The Morgan fingerprint density at radius 1 is 0.881 bits per heavy atom. The van der Waals surface area contributed by atoms with Crippen LogP contribution >= 0.6 is 11.6 Å². The lowest BCUT2D eigenvalue weighted by Gasteiger charge is -2.11. The van der Waals surface area contributed by atoms with Crippen molar-refractivity contribution in [2.45, 2.75) is 6.92 Å². The molecule has 4 aromatic carbocycles. The number of nitro benzene ring substituents is 1. The number of carbonyl (C=O) groups is 3. The van der Waals surface area contributed by atoms with Gasteiger partial charge in [0.15, 0.2) is 11.5 Å². The number of carbonyl (C=O) groups excluding carboxylic acids is 3. The minimum absolute atomic E-state index is 0.131. The monoisotopic (exact) mass is 586 g/mol. The Morgan fingerprint density at radius 3 is 2.29 bits per heavy atom. The molecule has 0 aromatic heterocycles. The van der Waals surface area contributed by atoms with Crippen LogP contribution in [0.2, 0.25) is 5.02 Å². The summed E-state index contributed by atoms with van der Waals surface area (Å²) in [6, 6.07) is 22.4. The highest BCUT2D eigenvalue weighted by molar-refractivity contribution is 6.30. The largest absolute Gasteiger partial charge is 0.490 e. The van der Waals surface area contributed by atoms with Crippen molar-refractivity contribution in [3.63, 3.8) is 0 Å². The van der Waals surface area contributed by atoms with Crippen molar-refractivity contribution in [3.05, 3.63) is 128 Å². The molecule has 0 bridgehead atoms. The smallest absolute Gasteiger partial charge is 0.343 e. The van der Waals surface area contributed by atoms with Crippen LogP contribution in [0.5, 0.6) is 11.5 Å². The molecule has 0 unspecified atom stereocenters. The van der Waals surface area contributed by atoms with Crippen molar-refractivity contribution in [2.24, 2.45) is 5.10 Å².